The third-order valence-corrected chi connectivity index (χ3v) is 5.21. The Balaban J connectivity index is 1.49. The second-order valence-electron chi connectivity index (χ2n) is 7.63. The van der Waals surface area contributed by atoms with Crippen LogP contribution in [0.4, 0.5) is 23.0 Å². The van der Waals surface area contributed by atoms with Crippen molar-refractivity contribution < 1.29 is 9.84 Å². The molecule has 0 bridgehead atoms. The van der Waals surface area contributed by atoms with Crippen LogP contribution < -0.4 is 15.0 Å². The lowest BCUT2D eigenvalue weighted by Gasteiger charge is -2.17. The summed E-state index contributed by atoms with van der Waals surface area (Å²) in [4.78, 5) is 20.2. The molecule has 1 aliphatic heterocycles. The monoisotopic (exact) mass is 429 g/mol. The van der Waals surface area contributed by atoms with Crippen LogP contribution in [0.3, 0.4) is 0 Å². The molecule has 32 heavy (non-hydrogen) atoms. The van der Waals surface area contributed by atoms with Gasteiger partial charge in [0.15, 0.2) is 11.5 Å². The van der Waals surface area contributed by atoms with Crippen LogP contribution in [-0.4, -0.2) is 57.0 Å². The van der Waals surface area contributed by atoms with Gasteiger partial charge < -0.3 is 24.5 Å². The van der Waals surface area contributed by atoms with Crippen LogP contribution in [0.15, 0.2) is 60.1 Å². The lowest BCUT2D eigenvalue weighted by molar-refractivity contribution is 0.304. The number of hydrogen-bond donors (Lipinski definition) is 2. The average Bonchev–Trinajstić information content (AvgIpc) is 3.28. The number of fused-ring (bicyclic) bond motifs is 2. The van der Waals surface area contributed by atoms with Crippen molar-refractivity contribution in [3.05, 3.63) is 55.1 Å². The minimum absolute atomic E-state index is 0.0758. The molecule has 2 N–H and O–H groups in total. The Morgan fingerprint density at radius 3 is 2.94 bits per heavy atom. The van der Waals surface area contributed by atoms with Crippen molar-refractivity contribution in [2.24, 2.45) is 4.99 Å². The molecule has 0 amide bonds. The first-order valence-corrected chi connectivity index (χ1v) is 10.3. The first-order chi connectivity index (χ1) is 15.6. The van der Waals surface area contributed by atoms with Crippen LogP contribution in [-0.2, 0) is 0 Å². The van der Waals surface area contributed by atoms with Crippen molar-refractivity contribution >= 4 is 34.4 Å². The van der Waals surface area contributed by atoms with E-state index in [0.717, 1.165) is 39.9 Å². The average molecular weight is 429 g/mol. The standard InChI is InChI=1S/C23H23N7O2/c1-15-14-32-20-5-3-16(11-18(20)26-15)19-13-30-8-7-24-23(30)22(28-19)27-17-4-6-21(25-12-17)29(2)9-10-31/h3-8,11-13,31H,9-10,14H2,1-2H3,(H,27,28). The van der Waals surface area contributed by atoms with Gasteiger partial charge in [-0.05, 0) is 37.3 Å². The number of benzene rings is 1. The van der Waals surface area contributed by atoms with Gasteiger partial charge in [-0.3, -0.25) is 4.99 Å². The normalized spacial score (nSPS) is 12.8. The Hall–Kier alpha value is -3.98. The first-order valence-electron chi connectivity index (χ1n) is 10.3. The van der Waals surface area contributed by atoms with Gasteiger partial charge in [0.05, 0.1) is 29.9 Å². The minimum Gasteiger partial charge on any atom is -0.485 e. The van der Waals surface area contributed by atoms with Gasteiger partial charge in [-0.1, -0.05) is 0 Å². The zero-order valence-electron chi connectivity index (χ0n) is 17.9. The van der Waals surface area contributed by atoms with Gasteiger partial charge in [-0.25, -0.2) is 15.0 Å². The molecule has 162 valence electrons. The van der Waals surface area contributed by atoms with E-state index in [9.17, 15) is 0 Å². The molecule has 5 rings (SSSR count). The molecule has 0 saturated carbocycles. The fourth-order valence-electron chi connectivity index (χ4n) is 3.55. The van der Waals surface area contributed by atoms with E-state index in [1.54, 1.807) is 12.4 Å². The molecule has 1 aromatic carbocycles. The highest BCUT2D eigenvalue weighted by Crippen LogP contribution is 2.35. The van der Waals surface area contributed by atoms with Crippen molar-refractivity contribution in [2.75, 3.05) is 37.0 Å². The van der Waals surface area contributed by atoms with Gasteiger partial charge in [-0.15, -0.1) is 0 Å². The van der Waals surface area contributed by atoms with Gasteiger partial charge in [0.1, 0.15) is 23.9 Å². The van der Waals surface area contributed by atoms with Gasteiger partial charge in [-0.2, -0.15) is 0 Å². The van der Waals surface area contributed by atoms with Gasteiger partial charge >= 0.3 is 0 Å². The van der Waals surface area contributed by atoms with Crippen LogP contribution in [0.5, 0.6) is 5.75 Å². The third kappa shape index (κ3) is 3.85. The summed E-state index contributed by atoms with van der Waals surface area (Å²) in [5, 5.41) is 12.4. The molecule has 9 nitrogen and oxygen atoms in total. The second kappa shape index (κ2) is 8.27. The molecular weight excluding hydrogens is 406 g/mol. The second-order valence-corrected chi connectivity index (χ2v) is 7.63. The fraction of sp³-hybridized carbons (Fsp3) is 0.217. The number of likely N-dealkylation sites (N-methyl/N-ethyl adjacent to an activating group) is 1. The molecule has 4 aromatic rings. The SMILES string of the molecule is CC1=Nc2cc(-c3cn4ccnc4c(Nc4ccc(N(C)CCO)nc4)n3)ccc2OC1. The Morgan fingerprint density at radius 1 is 1.22 bits per heavy atom. The highest BCUT2D eigenvalue weighted by atomic mass is 16.5. The van der Waals surface area contributed by atoms with E-state index in [1.807, 2.05) is 66.0 Å². The smallest absolute Gasteiger partial charge is 0.180 e. The van der Waals surface area contributed by atoms with E-state index in [-0.39, 0.29) is 6.61 Å². The number of hydrogen-bond acceptors (Lipinski definition) is 8. The predicted molar refractivity (Wildman–Crippen MR) is 125 cm³/mol. The lowest BCUT2D eigenvalue weighted by Crippen LogP contribution is -2.22. The largest absolute Gasteiger partial charge is 0.485 e. The molecule has 1 aliphatic rings. The summed E-state index contributed by atoms with van der Waals surface area (Å²) in [6.07, 6.45) is 7.32. The molecule has 0 spiro atoms. The van der Waals surface area contributed by atoms with Crippen LogP contribution in [0.2, 0.25) is 0 Å². The van der Waals surface area contributed by atoms with Crippen molar-refractivity contribution in [3.63, 3.8) is 0 Å². The lowest BCUT2D eigenvalue weighted by atomic mass is 10.1. The molecule has 3 aromatic heterocycles. The quantitative estimate of drug-likeness (QED) is 0.484. The molecule has 0 aliphatic carbocycles. The van der Waals surface area contributed by atoms with Crippen LogP contribution in [0.25, 0.3) is 16.9 Å². The van der Waals surface area contributed by atoms with E-state index in [4.69, 9.17) is 14.8 Å². The molecule has 0 fully saturated rings. The Labute approximate surface area is 185 Å². The zero-order chi connectivity index (χ0) is 22.1. The maximum Gasteiger partial charge on any atom is 0.180 e. The van der Waals surface area contributed by atoms with Crippen molar-refractivity contribution in [3.8, 4) is 17.0 Å². The van der Waals surface area contributed by atoms with Crippen molar-refractivity contribution in [2.45, 2.75) is 6.92 Å². The number of aliphatic imine (C=N–C) groups is 1. The van der Waals surface area contributed by atoms with Gasteiger partial charge in [0, 0.05) is 37.7 Å². The number of nitrogens with zero attached hydrogens (tertiary/aromatic N) is 6. The van der Waals surface area contributed by atoms with E-state index >= 15 is 0 Å². The minimum atomic E-state index is 0.0758. The predicted octanol–water partition coefficient (Wildman–Crippen LogP) is 3.45. The number of ether oxygens (including phenoxy) is 1. The number of pyridine rings is 1. The summed E-state index contributed by atoms with van der Waals surface area (Å²) in [5.41, 5.74) is 4.97. The summed E-state index contributed by atoms with van der Waals surface area (Å²) in [7, 11) is 1.89. The van der Waals surface area contributed by atoms with Gasteiger partial charge in [0.25, 0.3) is 0 Å². The Bertz CT molecular complexity index is 1300. The highest BCUT2D eigenvalue weighted by Gasteiger charge is 2.14. The molecule has 4 heterocycles. The summed E-state index contributed by atoms with van der Waals surface area (Å²) in [5.74, 6) is 2.18. The summed E-state index contributed by atoms with van der Waals surface area (Å²) < 4.78 is 7.66. The molecule has 9 heteroatoms. The number of aliphatic hydroxyl groups is 1. The molecular formula is C23H23N7O2. The van der Waals surface area contributed by atoms with Crippen LogP contribution >= 0.6 is 0 Å². The molecule has 0 unspecified atom stereocenters. The van der Waals surface area contributed by atoms with E-state index in [2.05, 4.69) is 20.3 Å². The maximum absolute atomic E-state index is 9.11. The zero-order valence-corrected chi connectivity index (χ0v) is 17.9. The summed E-state index contributed by atoms with van der Waals surface area (Å²) in [6.45, 7) is 3.07. The van der Waals surface area contributed by atoms with Crippen molar-refractivity contribution in [1.82, 2.24) is 19.4 Å². The van der Waals surface area contributed by atoms with Crippen molar-refractivity contribution in [1.29, 1.82) is 0 Å². The number of anilines is 3. The van der Waals surface area contributed by atoms with Crippen LogP contribution in [0, 0.1) is 0 Å². The third-order valence-electron chi connectivity index (χ3n) is 5.21. The summed E-state index contributed by atoms with van der Waals surface area (Å²) in [6, 6.07) is 9.72. The Morgan fingerprint density at radius 2 is 2.12 bits per heavy atom. The number of aromatic nitrogens is 4. The number of aliphatic hydroxyl groups excluding tert-OH is 1. The number of imidazole rings is 1. The number of rotatable bonds is 6. The van der Waals surface area contributed by atoms with Gasteiger partial charge in [0.2, 0.25) is 0 Å². The molecule has 0 saturated heterocycles. The first kappa shape index (κ1) is 20.0. The van der Waals surface area contributed by atoms with E-state index in [1.165, 1.54) is 0 Å². The molecule has 0 radical (unpaired) electrons. The molecule has 0 atom stereocenters. The topological polar surface area (TPSA) is 100 Å². The fourth-order valence-corrected chi connectivity index (χ4v) is 3.55. The number of nitrogens with one attached hydrogen (secondary N) is 1. The maximum atomic E-state index is 9.11. The van der Waals surface area contributed by atoms with E-state index in [0.29, 0.717) is 24.6 Å². The Kier molecular flexibility index (Phi) is 5.16. The van der Waals surface area contributed by atoms with Crippen LogP contribution in [0.1, 0.15) is 6.92 Å². The van der Waals surface area contributed by atoms with E-state index < -0.39 is 0 Å². The summed E-state index contributed by atoms with van der Waals surface area (Å²) >= 11 is 0. The highest BCUT2D eigenvalue weighted by molar-refractivity contribution is 5.89.